The number of fused-ring (bicyclic) bond motifs is 11. The highest BCUT2D eigenvalue weighted by Gasteiger charge is 2.32. The van der Waals surface area contributed by atoms with Crippen molar-refractivity contribution in [1.82, 2.24) is 19.9 Å². The molecule has 4 nitrogen and oxygen atoms in total. The second-order valence-corrected chi connectivity index (χ2v) is 13.4. The summed E-state index contributed by atoms with van der Waals surface area (Å²) in [6.45, 7) is 0. The van der Waals surface area contributed by atoms with E-state index < -0.39 is 0 Å². The van der Waals surface area contributed by atoms with Crippen molar-refractivity contribution in [3.05, 3.63) is 147 Å². The molecule has 50 heavy (non-hydrogen) atoms. The van der Waals surface area contributed by atoms with Crippen molar-refractivity contribution >= 4 is 53.9 Å². The van der Waals surface area contributed by atoms with Crippen LogP contribution in [0.25, 0.3) is 121 Å². The molecule has 0 bridgehead atoms. The molecule has 0 N–H and O–H groups in total. The Hall–Kier alpha value is -6.78. The van der Waals surface area contributed by atoms with E-state index in [2.05, 4.69) is 129 Å². The summed E-state index contributed by atoms with van der Waals surface area (Å²) in [5, 5.41) is 12.4. The van der Waals surface area contributed by atoms with Gasteiger partial charge in [0.15, 0.2) is 0 Å². The number of benzene rings is 8. The fourth-order valence-corrected chi connectivity index (χ4v) is 9.15. The third kappa shape index (κ3) is 3.25. The maximum absolute atomic E-state index is 4.55. The van der Waals surface area contributed by atoms with E-state index in [-0.39, 0.29) is 0 Å². The first-order valence-electron chi connectivity index (χ1n) is 16.9. The van der Waals surface area contributed by atoms with Crippen molar-refractivity contribution < 1.29 is 0 Å². The third-order valence-electron chi connectivity index (χ3n) is 11.1. The summed E-state index contributed by atoms with van der Waals surface area (Å²) in [6, 6.07) is 40.7. The Balaban J connectivity index is 1.28. The van der Waals surface area contributed by atoms with Gasteiger partial charge in [0, 0.05) is 47.0 Å². The van der Waals surface area contributed by atoms with E-state index in [0.717, 1.165) is 27.6 Å². The molecule has 4 heteroatoms. The van der Waals surface area contributed by atoms with Gasteiger partial charge < -0.3 is 0 Å². The first-order chi connectivity index (χ1) is 24.8. The van der Waals surface area contributed by atoms with Crippen molar-refractivity contribution in [2.24, 2.45) is 0 Å². The fraction of sp³-hybridized carbons (Fsp3) is 0. The lowest BCUT2D eigenvalue weighted by Crippen LogP contribution is -1.96. The van der Waals surface area contributed by atoms with Crippen molar-refractivity contribution in [2.45, 2.75) is 0 Å². The van der Waals surface area contributed by atoms with E-state index in [9.17, 15) is 0 Å². The molecule has 0 saturated carbocycles. The maximum Gasteiger partial charge on any atom is 0.115 e. The monoisotopic (exact) mass is 632 g/mol. The Labute approximate surface area is 286 Å². The van der Waals surface area contributed by atoms with Crippen LogP contribution in [0.3, 0.4) is 0 Å². The van der Waals surface area contributed by atoms with Crippen LogP contribution >= 0.6 is 0 Å². The summed E-state index contributed by atoms with van der Waals surface area (Å²) >= 11 is 0. The lowest BCUT2D eigenvalue weighted by molar-refractivity contribution is 1.17. The quantitative estimate of drug-likeness (QED) is 0.178. The van der Waals surface area contributed by atoms with Crippen LogP contribution < -0.4 is 0 Å². The second-order valence-electron chi connectivity index (χ2n) is 13.4. The van der Waals surface area contributed by atoms with Crippen LogP contribution in [-0.2, 0) is 0 Å². The summed E-state index contributed by atoms with van der Waals surface area (Å²) in [7, 11) is 0. The Bertz CT molecular complexity index is 3120. The molecular weight excluding hydrogens is 609 g/mol. The van der Waals surface area contributed by atoms with Crippen LogP contribution in [0, 0.1) is 0 Å². The zero-order chi connectivity index (χ0) is 32.5. The van der Waals surface area contributed by atoms with Crippen molar-refractivity contribution in [3.8, 4) is 66.8 Å². The van der Waals surface area contributed by atoms with Crippen molar-refractivity contribution in [1.29, 1.82) is 0 Å². The van der Waals surface area contributed by atoms with Crippen molar-refractivity contribution in [2.75, 3.05) is 0 Å². The minimum absolute atomic E-state index is 0.998. The van der Waals surface area contributed by atoms with Gasteiger partial charge in [-0.05, 0) is 111 Å². The lowest BCUT2D eigenvalue weighted by Gasteiger charge is -2.21. The smallest absolute Gasteiger partial charge is 0.115 e. The summed E-state index contributed by atoms with van der Waals surface area (Å²) in [5.74, 6) is 0. The van der Waals surface area contributed by atoms with Gasteiger partial charge in [0.1, 0.15) is 12.7 Å². The van der Waals surface area contributed by atoms with Crippen LogP contribution in [0.2, 0.25) is 0 Å². The molecule has 0 radical (unpaired) electrons. The van der Waals surface area contributed by atoms with Gasteiger partial charge >= 0.3 is 0 Å². The van der Waals surface area contributed by atoms with Gasteiger partial charge in [-0.3, -0.25) is 0 Å². The van der Waals surface area contributed by atoms with Crippen LogP contribution in [0.15, 0.2) is 147 Å². The second kappa shape index (κ2) is 9.43. The molecule has 12 rings (SSSR count). The molecular formula is C46H24N4. The molecule has 228 valence electrons. The highest BCUT2D eigenvalue weighted by molar-refractivity contribution is 6.33. The van der Waals surface area contributed by atoms with Gasteiger partial charge in [-0.1, -0.05) is 97.1 Å². The molecule has 0 fully saturated rings. The van der Waals surface area contributed by atoms with Gasteiger partial charge in [-0.15, -0.1) is 0 Å². The van der Waals surface area contributed by atoms with Gasteiger partial charge in [0.2, 0.25) is 0 Å². The van der Waals surface area contributed by atoms with Crippen LogP contribution in [0.4, 0.5) is 0 Å². The SMILES string of the molecule is c1cc2c3c(cccc3c1)-c1cc3c(ccc4c3ccc3c(-c5cncnc5)c5c(c(-c6cncnc6)c34)-c3cccc4cccc-5c34)cc1-2. The van der Waals surface area contributed by atoms with Crippen LogP contribution in [-0.4, -0.2) is 19.9 Å². The molecule has 0 saturated heterocycles. The fourth-order valence-electron chi connectivity index (χ4n) is 9.15. The largest absolute Gasteiger partial charge is 0.244 e. The average Bonchev–Trinajstić information content (AvgIpc) is 3.68. The Kier molecular flexibility index (Phi) is 4.94. The van der Waals surface area contributed by atoms with Gasteiger partial charge in [-0.25, -0.2) is 19.9 Å². The molecule has 2 aliphatic carbocycles. The van der Waals surface area contributed by atoms with E-state index in [1.807, 2.05) is 24.8 Å². The molecule has 0 spiro atoms. The van der Waals surface area contributed by atoms with E-state index in [1.54, 1.807) is 12.7 Å². The molecule has 0 amide bonds. The van der Waals surface area contributed by atoms with E-state index in [4.69, 9.17) is 0 Å². The number of aromatic nitrogens is 4. The molecule has 0 unspecified atom stereocenters. The van der Waals surface area contributed by atoms with Gasteiger partial charge in [0.05, 0.1) is 0 Å². The Morgan fingerprint density at radius 1 is 0.300 bits per heavy atom. The summed E-state index contributed by atoms with van der Waals surface area (Å²) in [4.78, 5) is 18.1. The normalized spacial score (nSPS) is 12.4. The Morgan fingerprint density at radius 2 is 0.800 bits per heavy atom. The van der Waals surface area contributed by atoms with Gasteiger partial charge in [-0.2, -0.15) is 0 Å². The first kappa shape index (κ1) is 26.2. The topological polar surface area (TPSA) is 51.6 Å². The average molecular weight is 633 g/mol. The molecule has 0 aliphatic heterocycles. The van der Waals surface area contributed by atoms with Crippen LogP contribution in [0.1, 0.15) is 0 Å². The van der Waals surface area contributed by atoms with Crippen molar-refractivity contribution in [3.63, 3.8) is 0 Å². The summed E-state index contributed by atoms with van der Waals surface area (Å²) in [6.07, 6.45) is 11.0. The lowest BCUT2D eigenvalue weighted by atomic mass is 9.81. The zero-order valence-corrected chi connectivity index (χ0v) is 26.6. The highest BCUT2D eigenvalue weighted by Crippen LogP contribution is 2.58. The third-order valence-corrected chi connectivity index (χ3v) is 11.1. The molecule has 2 heterocycles. The number of rotatable bonds is 2. The van der Waals surface area contributed by atoms with E-state index in [1.165, 1.54) is 93.0 Å². The number of hydrogen-bond donors (Lipinski definition) is 0. The minimum atomic E-state index is 0.998. The predicted octanol–water partition coefficient (Wildman–Crippen LogP) is 11.7. The zero-order valence-electron chi connectivity index (χ0n) is 26.6. The molecule has 10 aromatic rings. The first-order valence-corrected chi connectivity index (χ1v) is 16.9. The summed E-state index contributed by atoms with van der Waals surface area (Å²) in [5.41, 5.74) is 14.4. The summed E-state index contributed by atoms with van der Waals surface area (Å²) < 4.78 is 0. The number of hydrogen-bond acceptors (Lipinski definition) is 4. The highest BCUT2D eigenvalue weighted by atomic mass is 14.8. The van der Waals surface area contributed by atoms with E-state index in [0.29, 0.717) is 0 Å². The molecule has 0 atom stereocenters. The molecule has 2 aromatic heterocycles. The standard InChI is InChI=1S/C46H24N4/c1-5-25-6-2-10-32-39-18-37-27(17-38(39)31(9-1)40(25)32)13-14-33-30(37)15-16-36-42(28-19-47-23-48-20-28)45-34-11-3-7-26-8-4-12-35(41(26)34)46(45)43(44(33)36)29-21-49-24-50-22-29/h1-24H. The number of nitrogens with zero attached hydrogens (tertiary/aromatic N) is 4. The van der Waals surface area contributed by atoms with E-state index >= 15 is 0 Å². The van der Waals surface area contributed by atoms with Crippen LogP contribution in [0.5, 0.6) is 0 Å². The Morgan fingerprint density at radius 3 is 1.44 bits per heavy atom. The molecule has 2 aliphatic rings. The van der Waals surface area contributed by atoms with Gasteiger partial charge in [0.25, 0.3) is 0 Å². The minimum Gasteiger partial charge on any atom is -0.244 e. The predicted molar refractivity (Wildman–Crippen MR) is 205 cm³/mol. The molecule has 8 aromatic carbocycles. The maximum atomic E-state index is 4.55.